The summed E-state index contributed by atoms with van der Waals surface area (Å²) in [6, 6.07) is 15.9. The number of hydrogen-bond donors (Lipinski definition) is 1. The Morgan fingerprint density at radius 3 is 2.00 bits per heavy atom. The van der Waals surface area contributed by atoms with Crippen LogP contribution in [-0.4, -0.2) is 67.3 Å². The number of nitrogens with one attached hydrogen (secondary N) is 1. The first-order valence-electron chi connectivity index (χ1n) is 10.6. The van der Waals surface area contributed by atoms with E-state index in [9.17, 15) is 13.2 Å². The van der Waals surface area contributed by atoms with Crippen molar-refractivity contribution >= 4 is 16.2 Å². The van der Waals surface area contributed by atoms with Gasteiger partial charge in [0.15, 0.2) is 0 Å². The van der Waals surface area contributed by atoms with Crippen LogP contribution < -0.4 is 5.32 Å². The summed E-state index contributed by atoms with van der Waals surface area (Å²) in [5, 5.41) is 2.61. The molecule has 2 aromatic rings. The van der Waals surface area contributed by atoms with Gasteiger partial charge in [0.05, 0.1) is 51.1 Å². The molecular formula is C23H31NO8S. The van der Waals surface area contributed by atoms with E-state index in [0.717, 1.165) is 11.1 Å². The molecular weight excluding hydrogens is 450 g/mol. The van der Waals surface area contributed by atoms with Crippen LogP contribution in [0.1, 0.15) is 11.1 Å². The van der Waals surface area contributed by atoms with Crippen molar-refractivity contribution in [2.24, 2.45) is 0 Å². The van der Waals surface area contributed by atoms with Crippen molar-refractivity contribution in [3.05, 3.63) is 65.7 Å². The molecule has 2 aromatic carbocycles. The number of carbonyl (C=O) groups excluding carboxylic acids is 1. The van der Waals surface area contributed by atoms with E-state index >= 15 is 0 Å². The third-order valence-electron chi connectivity index (χ3n) is 4.25. The van der Waals surface area contributed by atoms with Crippen molar-refractivity contribution in [1.29, 1.82) is 0 Å². The zero-order chi connectivity index (χ0) is 23.8. The Morgan fingerprint density at radius 1 is 0.788 bits per heavy atom. The van der Waals surface area contributed by atoms with Gasteiger partial charge in [0, 0.05) is 6.54 Å². The van der Waals surface area contributed by atoms with Gasteiger partial charge in [-0.15, -0.1) is 0 Å². The highest BCUT2D eigenvalue weighted by Gasteiger charge is 2.14. The summed E-state index contributed by atoms with van der Waals surface area (Å²) in [7, 11) is -3.77. The maximum Gasteiger partial charge on any atom is 0.407 e. The fourth-order valence-corrected chi connectivity index (χ4v) is 3.41. The molecule has 2 rings (SSSR count). The molecule has 0 heterocycles. The second-order valence-electron chi connectivity index (χ2n) is 6.91. The first-order chi connectivity index (χ1) is 16.0. The summed E-state index contributed by atoms with van der Waals surface area (Å²) >= 11 is 0. The predicted molar refractivity (Wildman–Crippen MR) is 121 cm³/mol. The van der Waals surface area contributed by atoms with Crippen molar-refractivity contribution in [2.45, 2.75) is 18.4 Å². The van der Waals surface area contributed by atoms with E-state index in [2.05, 4.69) is 5.32 Å². The van der Waals surface area contributed by atoms with Gasteiger partial charge in [-0.1, -0.05) is 48.0 Å². The Kier molecular flexibility index (Phi) is 12.4. The van der Waals surface area contributed by atoms with Crippen LogP contribution in [0.2, 0.25) is 0 Å². The van der Waals surface area contributed by atoms with Gasteiger partial charge in [-0.2, -0.15) is 8.42 Å². The Morgan fingerprint density at radius 2 is 1.36 bits per heavy atom. The number of hydrogen-bond acceptors (Lipinski definition) is 8. The highest BCUT2D eigenvalue weighted by Crippen LogP contribution is 2.12. The van der Waals surface area contributed by atoms with Gasteiger partial charge in [0.25, 0.3) is 10.1 Å². The average Bonchev–Trinajstić information content (AvgIpc) is 2.81. The lowest BCUT2D eigenvalue weighted by Gasteiger charge is -2.09. The van der Waals surface area contributed by atoms with Gasteiger partial charge in [-0.05, 0) is 24.6 Å². The molecule has 0 aromatic heterocycles. The van der Waals surface area contributed by atoms with E-state index < -0.39 is 16.2 Å². The van der Waals surface area contributed by atoms with Crippen LogP contribution in [0.5, 0.6) is 0 Å². The fraction of sp³-hybridized carbons (Fsp3) is 0.435. The number of rotatable bonds is 16. The van der Waals surface area contributed by atoms with E-state index in [1.54, 1.807) is 12.1 Å². The van der Waals surface area contributed by atoms with Crippen LogP contribution in [-0.2, 0) is 39.9 Å². The molecule has 0 atom stereocenters. The molecule has 33 heavy (non-hydrogen) atoms. The minimum atomic E-state index is -3.77. The summed E-state index contributed by atoms with van der Waals surface area (Å²) in [4.78, 5) is 11.7. The Bertz CT molecular complexity index is 904. The monoisotopic (exact) mass is 481 g/mol. The lowest BCUT2D eigenvalue weighted by Crippen LogP contribution is -2.28. The van der Waals surface area contributed by atoms with Crippen LogP contribution in [0, 0.1) is 6.92 Å². The predicted octanol–water partition coefficient (Wildman–Crippen LogP) is 2.68. The maximum absolute atomic E-state index is 12.0. The SMILES string of the molecule is Cc1ccc(S(=O)(=O)OCCOCCOCCOCCNC(=O)OCc2ccccc2)cc1. The van der Waals surface area contributed by atoms with Crippen LogP contribution in [0.3, 0.4) is 0 Å². The third-order valence-corrected chi connectivity index (χ3v) is 5.57. The van der Waals surface area contributed by atoms with E-state index in [4.69, 9.17) is 23.1 Å². The van der Waals surface area contributed by atoms with Crippen molar-refractivity contribution in [3.8, 4) is 0 Å². The molecule has 0 saturated heterocycles. The minimum Gasteiger partial charge on any atom is -0.445 e. The van der Waals surface area contributed by atoms with E-state index in [1.807, 2.05) is 37.3 Å². The first-order valence-corrected chi connectivity index (χ1v) is 12.0. The Labute approximate surface area is 195 Å². The quantitative estimate of drug-likeness (QED) is 0.288. The van der Waals surface area contributed by atoms with Crippen molar-refractivity contribution in [1.82, 2.24) is 5.32 Å². The number of carbonyl (C=O) groups is 1. The molecule has 182 valence electrons. The van der Waals surface area contributed by atoms with Gasteiger partial charge in [0.1, 0.15) is 6.61 Å². The van der Waals surface area contributed by atoms with Crippen LogP contribution in [0.15, 0.2) is 59.5 Å². The highest BCUT2D eigenvalue weighted by molar-refractivity contribution is 7.86. The van der Waals surface area contributed by atoms with Gasteiger partial charge < -0.3 is 24.3 Å². The third kappa shape index (κ3) is 11.8. The molecule has 0 unspecified atom stereocenters. The number of ether oxygens (including phenoxy) is 4. The molecule has 0 radical (unpaired) electrons. The lowest BCUT2D eigenvalue weighted by atomic mass is 10.2. The normalized spacial score (nSPS) is 11.3. The zero-order valence-electron chi connectivity index (χ0n) is 18.7. The molecule has 0 aliphatic rings. The van der Waals surface area contributed by atoms with E-state index in [-0.39, 0.29) is 24.7 Å². The van der Waals surface area contributed by atoms with Gasteiger partial charge in [-0.3, -0.25) is 4.18 Å². The zero-order valence-corrected chi connectivity index (χ0v) is 19.6. The lowest BCUT2D eigenvalue weighted by molar-refractivity contribution is 0.0101. The Balaban J connectivity index is 1.36. The molecule has 0 fully saturated rings. The summed E-state index contributed by atoms with van der Waals surface area (Å²) in [5.74, 6) is 0. The van der Waals surface area contributed by atoms with Gasteiger partial charge in [-0.25, -0.2) is 4.79 Å². The summed E-state index contributed by atoms with van der Waals surface area (Å²) in [5.41, 5.74) is 1.89. The summed E-state index contributed by atoms with van der Waals surface area (Å²) in [6.45, 7) is 4.24. The molecule has 1 amide bonds. The molecule has 0 saturated carbocycles. The second-order valence-corrected chi connectivity index (χ2v) is 8.53. The van der Waals surface area contributed by atoms with Crippen LogP contribution in [0.4, 0.5) is 4.79 Å². The molecule has 1 N–H and O–H groups in total. The van der Waals surface area contributed by atoms with Gasteiger partial charge >= 0.3 is 6.09 Å². The smallest absolute Gasteiger partial charge is 0.407 e. The molecule has 0 bridgehead atoms. The van der Waals surface area contributed by atoms with Crippen molar-refractivity contribution in [3.63, 3.8) is 0 Å². The topological polar surface area (TPSA) is 109 Å². The number of amides is 1. The molecule has 0 aliphatic heterocycles. The molecule has 10 heteroatoms. The second kappa shape index (κ2) is 15.4. The van der Waals surface area contributed by atoms with Crippen LogP contribution >= 0.6 is 0 Å². The molecule has 9 nitrogen and oxygen atoms in total. The van der Waals surface area contributed by atoms with E-state index in [1.165, 1.54) is 12.1 Å². The summed E-state index contributed by atoms with van der Waals surface area (Å²) in [6.07, 6.45) is -0.494. The standard InChI is InChI=1S/C23H31NO8S/c1-20-7-9-22(10-8-20)33(26,27)32-18-17-30-16-15-29-14-13-28-12-11-24-23(25)31-19-21-5-3-2-4-6-21/h2-10H,11-19H2,1H3,(H,24,25). The van der Waals surface area contributed by atoms with E-state index in [0.29, 0.717) is 39.6 Å². The number of benzene rings is 2. The minimum absolute atomic E-state index is 0.0693. The number of alkyl carbamates (subject to hydrolysis) is 1. The number of aryl methyl sites for hydroxylation is 1. The first kappa shape index (κ1) is 26.7. The average molecular weight is 482 g/mol. The fourth-order valence-electron chi connectivity index (χ4n) is 2.52. The largest absolute Gasteiger partial charge is 0.445 e. The van der Waals surface area contributed by atoms with Crippen LogP contribution in [0.25, 0.3) is 0 Å². The highest BCUT2D eigenvalue weighted by atomic mass is 32.2. The molecule has 0 aliphatic carbocycles. The molecule has 0 spiro atoms. The van der Waals surface area contributed by atoms with Crippen molar-refractivity contribution < 1.29 is 36.3 Å². The van der Waals surface area contributed by atoms with Crippen molar-refractivity contribution in [2.75, 3.05) is 52.8 Å². The van der Waals surface area contributed by atoms with Gasteiger partial charge in [0.2, 0.25) is 0 Å². The Hall–Kier alpha value is -2.50. The summed E-state index contributed by atoms with van der Waals surface area (Å²) < 4.78 is 50.0. The maximum atomic E-state index is 12.0.